The number of rotatable bonds is 2. The van der Waals surface area contributed by atoms with E-state index in [1.165, 1.54) is 0 Å². The first-order valence-corrected chi connectivity index (χ1v) is 8.11. The summed E-state index contributed by atoms with van der Waals surface area (Å²) < 4.78 is 5.25. The average molecular weight is 328 g/mol. The SMILES string of the molecule is CN1CCN(C(=O)NC(C)(C)C)[C@H](CNC(=O)OC(C)(C)C)C1. The van der Waals surface area contributed by atoms with Gasteiger partial charge in [0.05, 0.1) is 6.04 Å². The number of nitrogens with zero attached hydrogens (tertiary/aromatic N) is 2. The van der Waals surface area contributed by atoms with E-state index in [9.17, 15) is 9.59 Å². The van der Waals surface area contributed by atoms with Gasteiger partial charge in [-0.3, -0.25) is 0 Å². The summed E-state index contributed by atoms with van der Waals surface area (Å²) in [7, 11) is 2.01. The van der Waals surface area contributed by atoms with E-state index in [2.05, 4.69) is 15.5 Å². The van der Waals surface area contributed by atoms with Crippen molar-refractivity contribution in [2.45, 2.75) is 58.7 Å². The normalized spacial score (nSPS) is 20.1. The molecule has 0 aromatic rings. The molecule has 0 radical (unpaired) electrons. The third kappa shape index (κ3) is 7.54. The topological polar surface area (TPSA) is 73.9 Å². The largest absolute Gasteiger partial charge is 0.444 e. The van der Waals surface area contributed by atoms with Gasteiger partial charge in [-0.25, -0.2) is 9.59 Å². The number of urea groups is 1. The fourth-order valence-electron chi connectivity index (χ4n) is 2.36. The number of hydrogen-bond acceptors (Lipinski definition) is 4. The molecule has 1 rings (SSSR count). The first kappa shape index (κ1) is 19.5. The van der Waals surface area contributed by atoms with E-state index in [0.29, 0.717) is 19.6 Å². The molecule has 3 amide bonds. The van der Waals surface area contributed by atoms with Crippen molar-refractivity contribution in [2.24, 2.45) is 0 Å². The Morgan fingerprint density at radius 2 is 1.74 bits per heavy atom. The molecular weight excluding hydrogens is 296 g/mol. The summed E-state index contributed by atoms with van der Waals surface area (Å²) >= 11 is 0. The lowest BCUT2D eigenvalue weighted by Gasteiger charge is -2.41. The lowest BCUT2D eigenvalue weighted by Crippen LogP contribution is -2.61. The van der Waals surface area contributed by atoms with Gasteiger partial charge in [0.15, 0.2) is 0 Å². The number of alkyl carbamates (subject to hydrolysis) is 1. The monoisotopic (exact) mass is 328 g/mol. The number of amides is 3. The molecule has 1 fully saturated rings. The molecule has 0 spiro atoms. The van der Waals surface area contributed by atoms with Crippen LogP contribution in [0.25, 0.3) is 0 Å². The van der Waals surface area contributed by atoms with E-state index in [0.717, 1.165) is 6.54 Å². The van der Waals surface area contributed by atoms with Crippen molar-refractivity contribution >= 4 is 12.1 Å². The number of likely N-dealkylation sites (N-methyl/N-ethyl adjacent to an activating group) is 1. The third-order valence-corrected chi connectivity index (χ3v) is 3.31. The molecule has 134 valence electrons. The van der Waals surface area contributed by atoms with Crippen molar-refractivity contribution in [3.05, 3.63) is 0 Å². The number of piperazine rings is 1. The maximum atomic E-state index is 12.5. The van der Waals surface area contributed by atoms with Crippen molar-refractivity contribution in [3.63, 3.8) is 0 Å². The maximum Gasteiger partial charge on any atom is 0.407 e. The summed E-state index contributed by atoms with van der Waals surface area (Å²) in [4.78, 5) is 28.2. The summed E-state index contributed by atoms with van der Waals surface area (Å²) in [6.45, 7) is 13.9. The van der Waals surface area contributed by atoms with Crippen LogP contribution in [-0.2, 0) is 4.74 Å². The van der Waals surface area contributed by atoms with Crippen LogP contribution in [0.3, 0.4) is 0 Å². The van der Waals surface area contributed by atoms with Crippen molar-refractivity contribution < 1.29 is 14.3 Å². The first-order valence-electron chi connectivity index (χ1n) is 8.11. The molecule has 0 unspecified atom stereocenters. The third-order valence-electron chi connectivity index (χ3n) is 3.31. The van der Waals surface area contributed by atoms with E-state index in [1.807, 2.05) is 48.6 Å². The van der Waals surface area contributed by atoms with Gasteiger partial charge in [-0.1, -0.05) is 0 Å². The molecule has 23 heavy (non-hydrogen) atoms. The highest BCUT2D eigenvalue weighted by molar-refractivity contribution is 5.75. The molecule has 0 bridgehead atoms. The molecule has 0 aromatic heterocycles. The highest BCUT2D eigenvalue weighted by Gasteiger charge is 2.31. The fourth-order valence-corrected chi connectivity index (χ4v) is 2.36. The van der Waals surface area contributed by atoms with Crippen molar-refractivity contribution in [3.8, 4) is 0 Å². The summed E-state index contributed by atoms with van der Waals surface area (Å²) in [5, 5.41) is 5.75. The Morgan fingerprint density at radius 3 is 2.26 bits per heavy atom. The van der Waals surface area contributed by atoms with Crippen LogP contribution < -0.4 is 10.6 Å². The number of carbonyl (C=O) groups excluding carboxylic acids is 2. The first-order chi connectivity index (χ1) is 10.4. The Hall–Kier alpha value is -1.50. The zero-order chi connectivity index (χ0) is 17.8. The Balaban J connectivity index is 2.63. The van der Waals surface area contributed by atoms with Crippen LogP contribution in [0.1, 0.15) is 41.5 Å². The molecule has 7 nitrogen and oxygen atoms in total. The molecule has 1 aliphatic rings. The van der Waals surface area contributed by atoms with E-state index in [-0.39, 0.29) is 17.6 Å². The van der Waals surface area contributed by atoms with E-state index in [4.69, 9.17) is 4.74 Å². The Kier molecular flexibility index (Phi) is 6.27. The van der Waals surface area contributed by atoms with Crippen molar-refractivity contribution in [1.82, 2.24) is 20.4 Å². The molecular formula is C16H32N4O3. The smallest absolute Gasteiger partial charge is 0.407 e. The highest BCUT2D eigenvalue weighted by Crippen LogP contribution is 2.11. The molecule has 0 saturated carbocycles. The predicted octanol–water partition coefficient (Wildman–Crippen LogP) is 1.64. The van der Waals surface area contributed by atoms with Gasteiger partial charge in [0.25, 0.3) is 0 Å². The number of carbonyl (C=O) groups is 2. The minimum atomic E-state index is -0.531. The zero-order valence-corrected chi connectivity index (χ0v) is 15.5. The van der Waals surface area contributed by atoms with Gasteiger partial charge < -0.3 is 25.2 Å². The van der Waals surface area contributed by atoms with Crippen LogP contribution in [-0.4, -0.2) is 72.3 Å². The maximum absolute atomic E-state index is 12.5. The summed E-state index contributed by atoms with van der Waals surface area (Å²) in [6, 6.07) is -0.176. The lowest BCUT2D eigenvalue weighted by atomic mass is 10.1. The highest BCUT2D eigenvalue weighted by atomic mass is 16.6. The Morgan fingerprint density at radius 1 is 1.13 bits per heavy atom. The molecule has 0 aromatic carbocycles. The van der Waals surface area contributed by atoms with Gasteiger partial charge in [0.2, 0.25) is 0 Å². The quantitative estimate of drug-likeness (QED) is 0.808. The van der Waals surface area contributed by atoms with E-state index < -0.39 is 11.7 Å². The second-order valence-electron chi connectivity index (χ2n) is 8.17. The van der Waals surface area contributed by atoms with E-state index in [1.54, 1.807) is 4.90 Å². The standard InChI is InChI=1S/C16H32N4O3/c1-15(2,3)18-13(21)20-9-8-19(7)11-12(20)10-17-14(22)23-16(4,5)6/h12H,8-11H2,1-7H3,(H,17,22)(H,18,21)/t12-/m1/s1. The fraction of sp³-hybridized carbons (Fsp3) is 0.875. The lowest BCUT2D eigenvalue weighted by molar-refractivity contribution is 0.0484. The minimum Gasteiger partial charge on any atom is -0.444 e. The molecule has 2 N–H and O–H groups in total. The summed E-state index contributed by atoms with van der Waals surface area (Å²) in [5.41, 5.74) is -0.819. The molecule has 1 heterocycles. The second kappa shape index (κ2) is 7.38. The summed E-state index contributed by atoms with van der Waals surface area (Å²) in [6.07, 6.45) is -0.457. The summed E-state index contributed by atoms with van der Waals surface area (Å²) in [5.74, 6) is 0. The molecule has 0 aliphatic carbocycles. The number of ether oxygens (including phenoxy) is 1. The number of nitrogens with one attached hydrogen (secondary N) is 2. The molecule has 7 heteroatoms. The van der Waals surface area contributed by atoms with Gasteiger partial charge in [0.1, 0.15) is 5.60 Å². The van der Waals surface area contributed by atoms with Crippen molar-refractivity contribution in [1.29, 1.82) is 0 Å². The number of hydrogen-bond donors (Lipinski definition) is 2. The van der Waals surface area contributed by atoms with Crippen LogP contribution >= 0.6 is 0 Å². The zero-order valence-electron chi connectivity index (χ0n) is 15.5. The van der Waals surface area contributed by atoms with Crippen LogP contribution in [0.5, 0.6) is 0 Å². The van der Waals surface area contributed by atoms with Crippen LogP contribution in [0.2, 0.25) is 0 Å². The molecule has 1 atom stereocenters. The van der Waals surface area contributed by atoms with Crippen LogP contribution in [0, 0.1) is 0 Å². The minimum absolute atomic E-state index is 0.0800. The Bertz CT molecular complexity index is 426. The van der Waals surface area contributed by atoms with Crippen LogP contribution in [0.15, 0.2) is 0 Å². The van der Waals surface area contributed by atoms with Gasteiger partial charge >= 0.3 is 12.1 Å². The van der Waals surface area contributed by atoms with Crippen LogP contribution in [0.4, 0.5) is 9.59 Å². The van der Waals surface area contributed by atoms with Gasteiger partial charge in [-0.2, -0.15) is 0 Å². The Labute approximate surface area is 139 Å². The van der Waals surface area contributed by atoms with Crippen molar-refractivity contribution in [2.75, 3.05) is 33.2 Å². The van der Waals surface area contributed by atoms with Gasteiger partial charge in [-0.15, -0.1) is 0 Å². The van der Waals surface area contributed by atoms with E-state index >= 15 is 0 Å². The predicted molar refractivity (Wildman–Crippen MR) is 90.5 cm³/mol. The molecule has 1 aliphatic heterocycles. The average Bonchev–Trinajstić information content (AvgIpc) is 2.32. The van der Waals surface area contributed by atoms with Gasteiger partial charge in [-0.05, 0) is 48.6 Å². The molecule has 1 saturated heterocycles. The second-order valence-corrected chi connectivity index (χ2v) is 8.17. The van der Waals surface area contributed by atoms with Gasteiger partial charge in [0, 0.05) is 31.7 Å².